The van der Waals surface area contributed by atoms with Crippen molar-refractivity contribution in [2.24, 2.45) is 11.8 Å². The number of hydrogen-bond acceptors (Lipinski definition) is 2. The second kappa shape index (κ2) is 12.2. The van der Waals surface area contributed by atoms with Gasteiger partial charge in [0.15, 0.2) is 0 Å². The van der Waals surface area contributed by atoms with E-state index in [1.165, 1.54) is 68.8 Å². The summed E-state index contributed by atoms with van der Waals surface area (Å²) in [7, 11) is 7.97. The molecule has 1 aromatic carbocycles. The zero-order valence-electron chi connectivity index (χ0n) is 22.0. The van der Waals surface area contributed by atoms with Crippen molar-refractivity contribution in [2.45, 2.75) is 103 Å². The maximum atomic E-state index is 11.4. The van der Waals surface area contributed by atoms with Crippen LogP contribution < -0.4 is 5.19 Å². The summed E-state index contributed by atoms with van der Waals surface area (Å²) in [6.45, 7) is 16.7. The molecule has 0 radical (unpaired) electrons. The van der Waals surface area contributed by atoms with E-state index in [9.17, 15) is 5.11 Å². The van der Waals surface area contributed by atoms with Crippen LogP contribution in [-0.4, -0.2) is 37.2 Å². The molecule has 6 heteroatoms. The van der Waals surface area contributed by atoms with Crippen molar-refractivity contribution >= 4 is 31.9 Å². The summed E-state index contributed by atoms with van der Waals surface area (Å²) >= 11 is -0.556. The second-order valence-electron chi connectivity index (χ2n) is 12.0. The van der Waals surface area contributed by atoms with E-state index in [0.717, 1.165) is 29.0 Å². The first-order valence-electron chi connectivity index (χ1n) is 12.6. The number of fused-ring (bicyclic) bond motifs is 1. The van der Waals surface area contributed by atoms with E-state index in [4.69, 9.17) is 18.6 Å². The molecule has 188 valence electrons. The Balaban J connectivity index is 0.000000914. The monoisotopic (exact) mass is 546 g/mol. The molecule has 0 spiro atoms. The standard InChI is InChI=1S/C26H43NOSi.CH3.2ClH.Ti/c1-18-15-21(26(2,3)4)25(28)24(16-18)29(5,6)23-17-22(27-13-9-10-14-27)19-11-7-8-12-20(19)23;;;;/h15-16,19-20,22-23,28H,7-14,17H2,1-6H3;1H3;2*1H;/q;-1;;;+2/p-2/t19-,20-,22?,23?;;;;/m1..../s1. The number of nitrogens with zero attached hydrogens (tertiary/aromatic N) is 1. The third kappa shape index (κ3) is 6.44. The molecule has 1 aromatic rings. The number of halogens is 2. The van der Waals surface area contributed by atoms with Crippen LogP contribution in [0, 0.1) is 26.2 Å². The Bertz CT molecular complexity index is 776. The molecule has 4 atom stereocenters. The third-order valence-corrected chi connectivity index (χ3v) is 13.0. The van der Waals surface area contributed by atoms with Crippen molar-refractivity contribution in [3.8, 4) is 5.75 Å². The number of benzene rings is 1. The van der Waals surface area contributed by atoms with Crippen LogP contribution in [0.25, 0.3) is 0 Å². The molecule has 0 aromatic heterocycles. The van der Waals surface area contributed by atoms with Crippen molar-refractivity contribution in [1.29, 1.82) is 0 Å². The molecular formula is C27H46Cl2NOSiTi-. The molecule has 2 nitrogen and oxygen atoms in total. The number of rotatable bonds is 3. The first-order valence-corrected chi connectivity index (χ1v) is 19.9. The van der Waals surface area contributed by atoms with Crippen molar-refractivity contribution < 1.29 is 22.1 Å². The van der Waals surface area contributed by atoms with Crippen molar-refractivity contribution in [3.05, 3.63) is 30.7 Å². The number of aryl methyl sites for hydroxylation is 1. The Morgan fingerprint density at radius 2 is 1.55 bits per heavy atom. The van der Waals surface area contributed by atoms with Gasteiger partial charge in [-0.1, -0.05) is 70.8 Å². The van der Waals surface area contributed by atoms with Gasteiger partial charge in [0.25, 0.3) is 0 Å². The molecule has 3 fully saturated rings. The van der Waals surface area contributed by atoms with E-state index in [2.05, 4.69) is 57.8 Å². The first kappa shape index (κ1) is 29.7. The molecule has 2 saturated carbocycles. The number of phenols is 1. The summed E-state index contributed by atoms with van der Waals surface area (Å²) in [5.41, 5.74) is 3.25. The zero-order valence-corrected chi connectivity index (χ0v) is 26.1. The molecule has 1 saturated heterocycles. The molecule has 2 unspecified atom stereocenters. The summed E-state index contributed by atoms with van der Waals surface area (Å²) in [5.74, 6) is 2.42. The van der Waals surface area contributed by atoms with Gasteiger partial charge < -0.3 is 17.4 Å². The molecule has 3 aliphatic rings. The van der Waals surface area contributed by atoms with Gasteiger partial charge in [-0.3, -0.25) is 0 Å². The molecule has 0 amide bonds. The van der Waals surface area contributed by atoms with Crippen molar-refractivity contribution in [1.82, 2.24) is 4.90 Å². The van der Waals surface area contributed by atoms with Gasteiger partial charge in [0, 0.05) is 6.04 Å². The Morgan fingerprint density at radius 3 is 2.09 bits per heavy atom. The fraction of sp³-hybridized carbons (Fsp3) is 0.741. The fourth-order valence-electron chi connectivity index (χ4n) is 7.14. The van der Waals surface area contributed by atoms with Gasteiger partial charge in [-0.2, -0.15) is 0 Å². The van der Waals surface area contributed by atoms with Crippen LogP contribution in [0.3, 0.4) is 0 Å². The number of aromatic hydroxyl groups is 1. The molecule has 33 heavy (non-hydrogen) atoms. The molecule has 2 aliphatic carbocycles. The van der Waals surface area contributed by atoms with E-state index < -0.39 is 25.1 Å². The van der Waals surface area contributed by atoms with Crippen LogP contribution in [0.1, 0.15) is 76.8 Å². The SMILES string of the molecule is Cc1cc(C(C)(C)C)c(O)c([Si](C)(C)C2CC(N3CCCC3)[C@@H]3CCCC[C@@H]23)c1.[CH3-].[Cl][Ti][Cl]. The Morgan fingerprint density at radius 1 is 1.00 bits per heavy atom. The van der Waals surface area contributed by atoms with Gasteiger partial charge in [0.2, 0.25) is 0 Å². The first-order chi connectivity index (χ1) is 15.0. The van der Waals surface area contributed by atoms with Crippen molar-refractivity contribution in [2.75, 3.05) is 13.1 Å². The van der Waals surface area contributed by atoms with Crippen LogP contribution in [0.15, 0.2) is 12.1 Å². The van der Waals surface area contributed by atoms with Crippen LogP contribution in [-0.2, 0) is 22.4 Å². The Hall–Kier alpha value is 0.491. The molecule has 4 rings (SSSR count). The summed E-state index contributed by atoms with van der Waals surface area (Å²) < 4.78 is 0. The van der Waals surface area contributed by atoms with E-state index in [0.29, 0.717) is 5.75 Å². The topological polar surface area (TPSA) is 23.5 Å². The van der Waals surface area contributed by atoms with Gasteiger partial charge in [-0.15, -0.1) is 0 Å². The minimum absolute atomic E-state index is 0. The predicted octanol–water partition coefficient (Wildman–Crippen LogP) is 7.79. The van der Waals surface area contributed by atoms with E-state index in [1.54, 1.807) is 0 Å². The van der Waals surface area contributed by atoms with E-state index in [1.807, 2.05) is 0 Å². The summed E-state index contributed by atoms with van der Waals surface area (Å²) in [4.78, 5) is 2.85. The normalized spacial score (nSPS) is 27.9. The summed E-state index contributed by atoms with van der Waals surface area (Å²) in [6.07, 6.45) is 9.90. The zero-order chi connectivity index (χ0) is 23.7. The van der Waals surface area contributed by atoms with Crippen LogP contribution in [0.2, 0.25) is 18.6 Å². The molecule has 0 bridgehead atoms. The summed E-state index contributed by atoms with van der Waals surface area (Å²) in [6, 6.07) is 5.38. The van der Waals surface area contributed by atoms with E-state index >= 15 is 0 Å². The van der Waals surface area contributed by atoms with E-state index in [-0.39, 0.29) is 12.8 Å². The average molecular weight is 548 g/mol. The van der Waals surface area contributed by atoms with Crippen LogP contribution in [0.5, 0.6) is 5.75 Å². The predicted molar refractivity (Wildman–Crippen MR) is 145 cm³/mol. The number of phenolic OH excluding ortho intramolecular Hbond substituents is 1. The van der Waals surface area contributed by atoms with Gasteiger partial charge in [0.05, 0.1) is 8.07 Å². The number of likely N-dealkylation sites (tertiary alicyclic amines) is 1. The third-order valence-electron chi connectivity index (χ3n) is 8.67. The fourth-order valence-corrected chi connectivity index (χ4v) is 11.2. The molecule has 1 N–H and O–H groups in total. The molecule has 1 aliphatic heterocycles. The second-order valence-corrected chi connectivity index (χ2v) is 19.3. The van der Waals surface area contributed by atoms with Gasteiger partial charge in [-0.25, -0.2) is 0 Å². The van der Waals surface area contributed by atoms with Gasteiger partial charge >= 0.3 is 35.6 Å². The number of hydrogen-bond donors (Lipinski definition) is 1. The average Bonchev–Trinajstić information content (AvgIpc) is 3.37. The van der Waals surface area contributed by atoms with Gasteiger partial charge in [0.1, 0.15) is 5.75 Å². The summed E-state index contributed by atoms with van der Waals surface area (Å²) in [5, 5.41) is 12.8. The van der Waals surface area contributed by atoms with Gasteiger partial charge in [-0.05, 0) is 79.2 Å². The van der Waals surface area contributed by atoms with Crippen LogP contribution >= 0.6 is 18.6 Å². The Kier molecular flexibility index (Phi) is 10.9. The molecule has 1 heterocycles. The van der Waals surface area contributed by atoms with Crippen molar-refractivity contribution in [3.63, 3.8) is 0 Å². The molecular weight excluding hydrogens is 501 g/mol. The quantitative estimate of drug-likeness (QED) is 0.309. The van der Waals surface area contributed by atoms with Crippen LogP contribution in [0.4, 0.5) is 0 Å². The Labute approximate surface area is 221 Å². The minimum atomic E-state index is -1.81. The maximum absolute atomic E-state index is 11.4.